The summed E-state index contributed by atoms with van der Waals surface area (Å²) in [6.45, 7) is 3.21. The number of carbonyl (C=O) groups excluding carboxylic acids is 2. The highest BCUT2D eigenvalue weighted by Crippen LogP contribution is 2.34. The van der Waals surface area contributed by atoms with Crippen LogP contribution in [0.4, 0.5) is 15.2 Å². The topological polar surface area (TPSA) is 89.6 Å². The number of anilines is 2. The van der Waals surface area contributed by atoms with Gasteiger partial charge in [-0.1, -0.05) is 12.2 Å². The van der Waals surface area contributed by atoms with Gasteiger partial charge in [-0.25, -0.2) is 9.37 Å². The zero-order chi connectivity index (χ0) is 23.3. The Morgan fingerprint density at radius 2 is 1.91 bits per heavy atom. The van der Waals surface area contributed by atoms with E-state index in [0.29, 0.717) is 39.1 Å². The summed E-state index contributed by atoms with van der Waals surface area (Å²) in [6.07, 6.45) is 3.64. The molecule has 7 nitrogen and oxygen atoms in total. The molecular formula is C23H22FN3O4S. The summed E-state index contributed by atoms with van der Waals surface area (Å²) in [4.78, 5) is 28.3. The number of amides is 2. The minimum atomic E-state index is -0.532. The molecule has 0 aliphatic rings. The van der Waals surface area contributed by atoms with Crippen molar-refractivity contribution >= 4 is 40.0 Å². The maximum Gasteiger partial charge on any atom is 0.257 e. The molecular weight excluding hydrogens is 433 g/mol. The Kier molecular flexibility index (Phi) is 7.21. The van der Waals surface area contributed by atoms with Crippen LogP contribution in [0.25, 0.3) is 17.3 Å². The standard InChI is InChI=1S/C23H22FN3O4S/c1-5-6-14-9-15(10-20(30-3)21(14)31-4)22(29)27-23-26-19(12-32-23)17-8-7-16(11-18(17)24)25-13(2)28/h5-12H,1-4H3,(H,25,28)(H,26,27,29)/b6-5+. The van der Waals surface area contributed by atoms with Crippen LogP contribution in [0.1, 0.15) is 29.8 Å². The molecule has 2 N–H and O–H groups in total. The third-order valence-corrected chi connectivity index (χ3v) is 5.16. The van der Waals surface area contributed by atoms with E-state index in [9.17, 15) is 14.0 Å². The summed E-state index contributed by atoms with van der Waals surface area (Å²) in [5.74, 6) is -0.260. The lowest BCUT2D eigenvalue weighted by atomic mass is 10.1. The molecule has 1 aromatic heterocycles. The van der Waals surface area contributed by atoms with Crippen LogP contribution in [0.5, 0.6) is 11.5 Å². The zero-order valence-corrected chi connectivity index (χ0v) is 18.8. The van der Waals surface area contributed by atoms with Crippen molar-refractivity contribution in [2.24, 2.45) is 0 Å². The monoisotopic (exact) mass is 455 g/mol. The Hall–Kier alpha value is -3.72. The highest BCUT2D eigenvalue weighted by molar-refractivity contribution is 7.14. The largest absolute Gasteiger partial charge is 0.493 e. The van der Waals surface area contributed by atoms with E-state index >= 15 is 0 Å². The van der Waals surface area contributed by atoms with Crippen molar-refractivity contribution in [1.82, 2.24) is 4.98 Å². The van der Waals surface area contributed by atoms with Gasteiger partial charge in [0.15, 0.2) is 16.6 Å². The molecule has 2 aromatic carbocycles. The second kappa shape index (κ2) is 10.1. The highest BCUT2D eigenvalue weighted by Gasteiger charge is 2.17. The molecule has 0 fully saturated rings. The zero-order valence-electron chi connectivity index (χ0n) is 18.0. The van der Waals surface area contributed by atoms with Crippen LogP contribution in [0, 0.1) is 5.82 Å². The molecule has 1 heterocycles. The smallest absolute Gasteiger partial charge is 0.257 e. The Bertz CT molecular complexity index is 1190. The van der Waals surface area contributed by atoms with E-state index in [4.69, 9.17) is 9.47 Å². The molecule has 3 rings (SSSR count). The molecule has 0 aliphatic carbocycles. The summed E-state index contributed by atoms with van der Waals surface area (Å²) in [5.41, 5.74) is 2.04. The van der Waals surface area contributed by atoms with Crippen molar-refractivity contribution in [1.29, 1.82) is 0 Å². The molecule has 0 bridgehead atoms. The highest BCUT2D eigenvalue weighted by atomic mass is 32.1. The Morgan fingerprint density at radius 3 is 2.53 bits per heavy atom. The van der Waals surface area contributed by atoms with Gasteiger partial charge in [0.1, 0.15) is 5.82 Å². The van der Waals surface area contributed by atoms with Crippen LogP contribution < -0.4 is 20.1 Å². The number of nitrogens with zero attached hydrogens (tertiary/aromatic N) is 1. The van der Waals surface area contributed by atoms with Gasteiger partial charge in [0, 0.05) is 34.7 Å². The molecule has 0 aliphatic heterocycles. The first kappa shape index (κ1) is 23.0. The number of aromatic nitrogens is 1. The maximum absolute atomic E-state index is 14.5. The summed E-state index contributed by atoms with van der Waals surface area (Å²) in [7, 11) is 3.03. The second-order valence-electron chi connectivity index (χ2n) is 6.67. The van der Waals surface area contributed by atoms with Crippen LogP contribution in [0.15, 0.2) is 41.8 Å². The molecule has 0 atom stereocenters. The third-order valence-electron chi connectivity index (χ3n) is 4.41. The first-order valence-electron chi connectivity index (χ1n) is 9.59. The van der Waals surface area contributed by atoms with Crippen molar-refractivity contribution in [2.45, 2.75) is 13.8 Å². The number of rotatable bonds is 7. The Labute approximate surface area is 188 Å². The molecule has 166 valence electrons. The lowest BCUT2D eigenvalue weighted by Crippen LogP contribution is -2.12. The van der Waals surface area contributed by atoms with Crippen molar-refractivity contribution in [2.75, 3.05) is 24.9 Å². The van der Waals surface area contributed by atoms with Gasteiger partial charge in [0.05, 0.1) is 19.9 Å². The van der Waals surface area contributed by atoms with Gasteiger partial charge in [-0.2, -0.15) is 0 Å². The number of thiazole rings is 1. The number of hydrogen-bond donors (Lipinski definition) is 2. The summed E-state index contributed by atoms with van der Waals surface area (Å²) < 4.78 is 25.2. The molecule has 0 saturated heterocycles. The quantitative estimate of drug-likeness (QED) is 0.510. The molecule has 3 aromatic rings. The number of carbonyl (C=O) groups is 2. The Morgan fingerprint density at radius 1 is 1.12 bits per heavy atom. The summed E-state index contributed by atoms with van der Waals surface area (Å²) in [5, 5.41) is 7.22. The van der Waals surface area contributed by atoms with Gasteiger partial charge in [0.2, 0.25) is 5.91 Å². The van der Waals surface area contributed by atoms with Gasteiger partial charge >= 0.3 is 0 Å². The molecule has 0 spiro atoms. The van der Waals surface area contributed by atoms with Gasteiger partial charge in [0.25, 0.3) is 5.91 Å². The van der Waals surface area contributed by atoms with Gasteiger partial charge in [-0.15, -0.1) is 11.3 Å². The van der Waals surface area contributed by atoms with E-state index in [1.807, 2.05) is 19.1 Å². The van der Waals surface area contributed by atoms with E-state index in [1.165, 1.54) is 44.6 Å². The van der Waals surface area contributed by atoms with Gasteiger partial charge in [-0.3, -0.25) is 14.9 Å². The predicted molar refractivity (Wildman–Crippen MR) is 124 cm³/mol. The molecule has 32 heavy (non-hydrogen) atoms. The van der Waals surface area contributed by atoms with Crippen LogP contribution in [0.3, 0.4) is 0 Å². The van der Waals surface area contributed by atoms with Gasteiger partial charge in [-0.05, 0) is 37.3 Å². The predicted octanol–water partition coefficient (Wildman–Crippen LogP) is 5.21. The number of nitrogens with one attached hydrogen (secondary N) is 2. The van der Waals surface area contributed by atoms with Crippen LogP contribution >= 0.6 is 11.3 Å². The minimum Gasteiger partial charge on any atom is -0.493 e. The second-order valence-corrected chi connectivity index (χ2v) is 7.53. The number of halogens is 1. The van der Waals surface area contributed by atoms with Crippen molar-refractivity contribution in [3.8, 4) is 22.8 Å². The number of hydrogen-bond acceptors (Lipinski definition) is 6. The number of ether oxygens (including phenoxy) is 2. The Balaban J connectivity index is 1.83. The van der Waals surface area contributed by atoms with Gasteiger partial charge < -0.3 is 14.8 Å². The van der Waals surface area contributed by atoms with Crippen LogP contribution in [-0.4, -0.2) is 31.0 Å². The van der Waals surface area contributed by atoms with E-state index in [1.54, 1.807) is 23.6 Å². The SMILES string of the molecule is C/C=C/c1cc(C(=O)Nc2nc(-c3ccc(NC(C)=O)cc3F)cs2)cc(OC)c1OC. The molecule has 0 saturated carbocycles. The summed E-state index contributed by atoms with van der Waals surface area (Å²) in [6, 6.07) is 7.60. The first-order chi connectivity index (χ1) is 15.4. The van der Waals surface area contributed by atoms with E-state index in [2.05, 4.69) is 15.6 Å². The number of benzene rings is 2. The third kappa shape index (κ3) is 5.12. The first-order valence-corrected chi connectivity index (χ1v) is 10.5. The van der Waals surface area contributed by atoms with Crippen molar-refractivity contribution in [3.05, 3.63) is 58.7 Å². The number of methoxy groups -OCH3 is 2. The fraction of sp³-hybridized carbons (Fsp3) is 0.174. The maximum atomic E-state index is 14.5. The summed E-state index contributed by atoms with van der Waals surface area (Å²) >= 11 is 1.17. The molecule has 2 amide bonds. The molecule has 9 heteroatoms. The lowest BCUT2D eigenvalue weighted by Gasteiger charge is -2.13. The molecule has 0 radical (unpaired) electrons. The van der Waals surface area contributed by atoms with E-state index in [0.717, 1.165) is 0 Å². The minimum absolute atomic E-state index is 0.261. The van der Waals surface area contributed by atoms with Crippen molar-refractivity contribution < 1.29 is 23.5 Å². The average molecular weight is 456 g/mol. The van der Waals surface area contributed by atoms with Crippen molar-refractivity contribution in [3.63, 3.8) is 0 Å². The van der Waals surface area contributed by atoms with E-state index < -0.39 is 5.82 Å². The fourth-order valence-electron chi connectivity index (χ4n) is 3.06. The van der Waals surface area contributed by atoms with Crippen LogP contribution in [0.2, 0.25) is 0 Å². The number of allylic oxidation sites excluding steroid dienone is 1. The molecule has 0 unspecified atom stereocenters. The normalized spacial score (nSPS) is 10.8. The fourth-order valence-corrected chi connectivity index (χ4v) is 3.76. The lowest BCUT2D eigenvalue weighted by molar-refractivity contribution is -0.114. The van der Waals surface area contributed by atoms with E-state index in [-0.39, 0.29) is 17.4 Å². The van der Waals surface area contributed by atoms with Crippen LogP contribution in [-0.2, 0) is 4.79 Å². The average Bonchev–Trinajstić information content (AvgIpc) is 3.21.